The highest BCUT2D eigenvalue weighted by Crippen LogP contribution is 2.57. The van der Waals surface area contributed by atoms with Crippen LogP contribution in [0.3, 0.4) is 0 Å². The quantitative estimate of drug-likeness (QED) is 0.800. The molecule has 112 valence electrons. The first-order valence-corrected chi connectivity index (χ1v) is 8.22. The van der Waals surface area contributed by atoms with Crippen molar-refractivity contribution in [3.8, 4) is 0 Å². The first-order chi connectivity index (χ1) is 9.47. The summed E-state index contributed by atoms with van der Waals surface area (Å²) in [6.45, 7) is 1.03. The fourth-order valence-corrected chi connectivity index (χ4v) is 5.95. The molecule has 2 N–H and O–H groups in total. The van der Waals surface area contributed by atoms with Crippen LogP contribution in [0.15, 0.2) is 0 Å². The van der Waals surface area contributed by atoms with Crippen LogP contribution in [-0.4, -0.2) is 46.7 Å². The molecule has 0 aromatic rings. The van der Waals surface area contributed by atoms with E-state index >= 15 is 0 Å². The second kappa shape index (κ2) is 4.20. The molecule has 5 aliphatic rings. The van der Waals surface area contributed by atoms with E-state index < -0.39 is 5.60 Å². The van der Waals surface area contributed by atoms with Gasteiger partial charge < -0.3 is 10.4 Å². The lowest BCUT2D eigenvalue weighted by Gasteiger charge is -2.60. The maximum Gasteiger partial charge on any atom is 0.237 e. The van der Waals surface area contributed by atoms with Crippen LogP contribution in [0.25, 0.3) is 0 Å². The van der Waals surface area contributed by atoms with Gasteiger partial charge in [-0.1, -0.05) is 0 Å². The van der Waals surface area contributed by atoms with Gasteiger partial charge in [0, 0.05) is 5.54 Å². The number of hydrogen-bond donors (Lipinski definition) is 2. The summed E-state index contributed by atoms with van der Waals surface area (Å²) in [5.74, 6) is 1.46. The lowest BCUT2D eigenvalue weighted by Crippen LogP contribution is -2.66. The van der Waals surface area contributed by atoms with Crippen molar-refractivity contribution in [3.05, 3.63) is 0 Å². The minimum absolute atomic E-state index is 0.0534. The van der Waals surface area contributed by atoms with Crippen LogP contribution in [-0.2, 0) is 4.79 Å². The number of nitrogens with zero attached hydrogens (tertiary/aromatic N) is 1. The molecule has 4 aliphatic carbocycles. The molecule has 4 saturated carbocycles. The highest BCUT2D eigenvalue weighted by Gasteiger charge is 2.58. The topological polar surface area (TPSA) is 52.6 Å². The summed E-state index contributed by atoms with van der Waals surface area (Å²) in [5, 5.41) is 14.1. The van der Waals surface area contributed by atoms with E-state index in [0.717, 1.165) is 51.5 Å². The summed E-state index contributed by atoms with van der Waals surface area (Å²) < 4.78 is 0. The highest BCUT2D eigenvalue weighted by molar-refractivity contribution is 5.82. The van der Waals surface area contributed by atoms with Gasteiger partial charge in [0.15, 0.2) is 0 Å². The first-order valence-electron chi connectivity index (χ1n) is 8.22. The zero-order valence-corrected chi connectivity index (χ0v) is 12.4. The normalized spacial score (nSPS) is 50.6. The molecule has 5 rings (SSSR count). The van der Waals surface area contributed by atoms with Crippen molar-refractivity contribution in [2.75, 3.05) is 13.6 Å². The van der Waals surface area contributed by atoms with Gasteiger partial charge in [-0.3, -0.25) is 9.69 Å². The molecule has 4 nitrogen and oxygen atoms in total. The number of rotatable bonds is 2. The van der Waals surface area contributed by atoms with Crippen molar-refractivity contribution in [2.45, 2.75) is 68.5 Å². The van der Waals surface area contributed by atoms with Crippen molar-refractivity contribution in [1.82, 2.24) is 10.2 Å². The Bertz CT molecular complexity index is 422. The van der Waals surface area contributed by atoms with E-state index in [-0.39, 0.29) is 17.5 Å². The summed E-state index contributed by atoms with van der Waals surface area (Å²) in [7, 11) is 2.05. The minimum atomic E-state index is -0.487. The lowest BCUT2D eigenvalue weighted by atomic mass is 9.51. The van der Waals surface area contributed by atoms with E-state index in [1.54, 1.807) is 0 Å². The monoisotopic (exact) mass is 278 g/mol. The molecule has 0 spiro atoms. The molecule has 1 amide bonds. The summed E-state index contributed by atoms with van der Waals surface area (Å²) >= 11 is 0. The summed E-state index contributed by atoms with van der Waals surface area (Å²) in [5.41, 5.74) is -0.585. The van der Waals surface area contributed by atoms with Crippen LogP contribution in [0.4, 0.5) is 0 Å². The maximum absolute atomic E-state index is 12.6. The van der Waals surface area contributed by atoms with Gasteiger partial charge in [0.05, 0.1) is 11.6 Å². The van der Waals surface area contributed by atoms with Gasteiger partial charge in [0.2, 0.25) is 5.91 Å². The number of carbonyl (C=O) groups is 1. The van der Waals surface area contributed by atoms with Crippen molar-refractivity contribution < 1.29 is 9.90 Å². The molecule has 1 aliphatic heterocycles. The van der Waals surface area contributed by atoms with Crippen molar-refractivity contribution >= 4 is 5.91 Å². The van der Waals surface area contributed by atoms with Crippen LogP contribution in [0, 0.1) is 11.8 Å². The Hall–Kier alpha value is -0.610. The number of nitrogens with one attached hydrogen (secondary N) is 1. The molecule has 20 heavy (non-hydrogen) atoms. The average Bonchev–Trinajstić information content (AvgIpc) is 2.71. The first kappa shape index (κ1) is 13.1. The van der Waals surface area contributed by atoms with Crippen LogP contribution in [0.1, 0.15) is 51.4 Å². The van der Waals surface area contributed by atoms with Crippen LogP contribution in [0.2, 0.25) is 0 Å². The van der Waals surface area contributed by atoms with Crippen molar-refractivity contribution in [2.24, 2.45) is 11.8 Å². The third-order valence-electron chi connectivity index (χ3n) is 6.24. The number of likely N-dealkylation sites (N-methyl/N-ethyl adjacent to an activating group) is 1. The predicted octanol–water partition coefficient (Wildman–Crippen LogP) is 1.28. The van der Waals surface area contributed by atoms with E-state index in [0.29, 0.717) is 11.8 Å². The van der Waals surface area contributed by atoms with Gasteiger partial charge in [0.1, 0.15) is 0 Å². The minimum Gasteiger partial charge on any atom is -0.390 e. The Kier molecular flexibility index (Phi) is 2.75. The second-order valence-corrected chi connectivity index (χ2v) is 8.09. The van der Waals surface area contributed by atoms with E-state index in [1.165, 1.54) is 6.42 Å². The molecule has 0 aromatic heterocycles. The molecule has 4 bridgehead atoms. The van der Waals surface area contributed by atoms with Gasteiger partial charge in [0.25, 0.3) is 0 Å². The molecule has 1 saturated heterocycles. The number of amides is 1. The van der Waals surface area contributed by atoms with Gasteiger partial charge in [-0.25, -0.2) is 0 Å². The second-order valence-electron chi connectivity index (χ2n) is 8.09. The van der Waals surface area contributed by atoms with Crippen LogP contribution in [0.5, 0.6) is 0 Å². The number of carbonyl (C=O) groups excluding carboxylic acids is 1. The predicted molar refractivity (Wildman–Crippen MR) is 76.2 cm³/mol. The average molecular weight is 278 g/mol. The summed E-state index contributed by atoms with van der Waals surface area (Å²) in [6, 6.07) is 0.0534. The largest absolute Gasteiger partial charge is 0.390 e. The third-order valence-corrected chi connectivity index (χ3v) is 6.24. The Labute approximate surface area is 120 Å². The highest BCUT2D eigenvalue weighted by atomic mass is 16.3. The molecular formula is C16H26N2O2. The number of hydrogen-bond acceptors (Lipinski definition) is 3. The van der Waals surface area contributed by atoms with Gasteiger partial charge in [-0.15, -0.1) is 0 Å². The molecule has 4 heteroatoms. The number of aliphatic hydroxyl groups is 1. The Balaban J connectivity index is 1.52. The summed E-state index contributed by atoms with van der Waals surface area (Å²) in [4.78, 5) is 14.8. The Morgan fingerprint density at radius 3 is 2.50 bits per heavy atom. The lowest BCUT2D eigenvalue weighted by molar-refractivity contribution is -0.152. The molecule has 1 heterocycles. The standard InChI is InChI=1S/C16H26N2O2/c1-18-4-2-3-13(18)14(19)17-15-6-11-5-12(7-15)9-16(20,8-11)10-15/h11-13,20H,2-10H2,1H3,(H,17,19)/t11?,12?,13-,15?,16?/m0/s1. The summed E-state index contributed by atoms with van der Waals surface area (Å²) in [6.07, 6.45) is 8.27. The van der Waals surface area contributed by atoms with Gasteiger partial charge in [-0.2, -0.15) is 0 Å². The van der Waals surface area contributed by atoms with Gasteiger partial charge in [-0.05, 0) is 76.8 Å². The van der Waals surface area contributed by atoms with E-state index in [1.807, 2.05) is 7.05 Å². The fraction of sp³-hybridized carbons (Fsp3) is 0.938. The smallest absolute Gasteiger partial charge is 0.237 e. The molecule has 2 unspecified atom stereocenters. The fourth-order valence-electron chi connectivity index (χ4n) is 5.95. The Morgan fingerprint density at radius 2 is 1.95 bits per heavy atom. The third kappa shape index (κ3) is 2.00. The van der Waals surface area contributed by atoms with Crippen molar-refractivity contribution in [3.63, 3.8) is 0 Å². The molecular weight excluding hydrogens is 252 g/mol. The molecule has 3 atom stereocenters. The van der Waals surface area contributed by atoms with Crippen LogP contribution < -0.4 is 5.32 Å². The zero-order valence-electron chi connectivity index (χ0n) is 12.4. The molecule has 0 aromatic carbocycles. The molecule has 0 radical (unpaired) electrons. The molecule has 5 fully saturated rings. The zero-order chi connectivity index (χ0) is 14.0. The van der Waals surface area contributed by atoms with Gasteiger partial charge >= 0.3 is 0 Å². The van der Waals surface area contributed by atoms with Crippen LogP contribution >= 0.6 is 0 Å². The number of likely N-dealkylation sites (tertiary alicyclic amines) is 1. The van der Waals surface area contributed by atoms with E-state index in [4.69, 9.17) is 0 Å². The van der Waals surface area contributed by atoms with Crippen molar-refractivity contribution in [1.29, 1.82) is 0 Å². The van der Waals surface area contributed by atoms with E-state index in [9.17, 15) is 9.90 Å². The SMILES string of the molecule is CN1CCC[C@H]1C(=O)NC12CC3CC(CC(O)(C3)C1)C2. The van der Waals surface area contributed by atoms with E-state index in [2.05, 4.69) is 10.2 Å². The Morgan fingerprint density at radius 1 is 1.25 bits per heavy atom. The maximum atomic E-state index is 12.6.